The van der Waals surface area contributed by atoms with Crippen LogP contribution < -0.4 is 10.5 Å². The Bertz CT molecular complexity index is 913. The number of hydrogen-bond donors (Lipinski definition) is 1. The number of H-pyrrole nitrogens is 1. The zero-order valence-electron chi connectivity index (χ0n) is 15.1. The third-order valence-corrected chi connectivity index (χ3v) is 4.32. The minimum atomic E-state index is -0.145. The molecule has 1 aromatic carbocycles. The first-order valence-corrected chi connectivity index (χ1v) is 8.34. The normalized spacial score (nSPS) is 12.7. The summed E-state index contributed by atoms with van der Waals surface area (Å²) in [6.07, 6.45) is 1.80. The second-order valence-corrected chi connectivity index (χ2v) is 6.54. The van der Waals surface area contributed by atoms with Crippen molar-refractivity contribution >= 4 is 17.0 Å². The number of likely N-dealkylation sites (N-methyl/N-ethyl adjacent to an activating group) is 2. The molecule has 2 aromatic heterocycles. The summed E-state index contributed by atoms with van der Waals surface area (Å²) in [5.41, 5.74) is 2.54. The summed E-state index contributed by atoms with van der Waals surface area (Å²) in [6, 6.07) is 9.42. The van der Waals surface area contributed by atoms with Crippen LogP contribution in [0.1, 0.15) is 18.7 Å². The van der Waals surface area contributed by atoms with Gasteiger partial charge in [0.2, 0.25) is 5.95 Å². The number of anilines is 1. The van der Waals surface area contributed by atoms with Crippen LogP contribution in [-0.4, -0.2) is 58.7 Å². The first kappa shape index (κ1) is 17.2. The van der Waals surface area contributed by atoms with Crippen LogP contribution in [-0.2, 0) is 0 Å². The van der Waals surface area contributed by atoms with Crippen LogP contribution in [0.25, 0.3) is 11.0 Å². The minimum Gasteiger partial charge on any atom is -0.344 e. The number of rotatable bonds is 6. The zero-order chi connectivity index (χ0) is 18.0. The molecule has 0 saturated heterocycles. The summed E-state index contributed by atoms with van der Waals surface area (Å²) in [5.74, 6) is 0.584. The Labute approximate surface area is 146 Å². The highest BCUT2D eigenvalue weighted by atomic mass is 16.1. The number of aromatic nitrogens is 4. The topological polar surface area (TPSA) is 70.1 Å². The van der Waals surface area contributed by atoms with E-state index in [0.29, 0.717) is 5.95 Å². The number of nitrogens with one attached hydrogen (secondary N) is 1. The van der Waals surface area contributed by atoms with Crippen LogP contribution in [0.15, 0.2) is 41.5 Å². The molecule has 7 nitrogen and oxygen atoms in total. The van der Waals surface area contributed by atoms with E-state index in [2.05, 4.69) is 19.9 Å². The Morgan fingerprint density at radius 3 is 2.72 bits per heavy atom. The van der Waals surface area contributed by atoms with Gasteiger partial charge in [-0.05, 0) is 33.2 Å². The summed E-state index contributed by atoms with van der Waals surface area (Å²) in [4.78, 5) is 28.1. The molecule has 0 saturated carbocycles. The predicted molar refractivity (Wildman–Crippen MR) is 100 cm³/mol. The largest absolute Gasteiger partial charge is 0.344 e. The molecule has 0 unspecified atom stereocenters. The number of imidazole rings is 1. The van der Waals surface area contributed by atoms with E-state index >= 15 is 0 Å². The third-order valence-electron chi connectivity index (χ3n) is 4.32. The Kier molecular flexibility index (Phi) is 4.85. The summed E-state index contributed by atoms with van der Waals surface area (Å²) in [5, 5.41) is 0. The van der Waals surface area contributed by atoms with E-state index in [1.807, 2.05) is 61.8 Å². The maximum atomic E-state index is 12.1. The van der Waals surface area contributed by atoms with Gasteiger partial charge < -0.3 is 14.4 Å². The molecule has 1 atom stereocenters. The van der Waals surface area contributed by atoms with E-state index < -0.39 is 0 Å². The van der Waals surface area contributed by atoms with Crippen LogP contribution in [0, 0.1) is 0 Å². The average Bonchev–Trinajstić information content (AvgIpc) is 3.02. The smallest absolute Gasteiger partial charge is 0.252 e. The first-order valence-electron chi connectivity index (χ1n) is 8.34. The molecule has 0 aliphatic carbocycles. The Morgan fingerprint density at radius 2 is 1.96 bits per heavy atom. The lowest BCUT2D eigenvalue weighted by Crippen LogP contribution is -2.31. The monoisotopic (exact) mass is 340 g/mol. The van der Waals surface area contributed by atoms with Gasteiger partial charge in [0.25, 0.3) is 5.56 Å². The SMILES string of the molecule is C[C@H](c1cc(=O)[nH]c(N(C)CCN(C)C)n1)n1cnc2ccccc21. The molecule has 132 valence electrons. The van der Waals surface area contributed by atoms with E-state index in [4.69, 9.17) is 0 Å². The standard InChI is InChI=1S/C18H24N6O/c1-13(24-12-19-14-7-5-6-8-16(14)24)15-11-17(25)21-18(20-15)23(4)10-9-22(2)3/h5-8,11-13H,9-10H2,1-4H3,(H,20,21,25)/t13-/m1/s1. The van der Waals surface area contributed by atoms with E-state index in [1.54, 1.807) is 12.4 Å². The Morgan fingerprint density at radius 1 is 1.20 bits per heavy atom. The van der Waals surface area contributed by atoms with E-state index in [-0.39, 0.29) is 11.6 Å². The number of aromatic amines is 1. The van der Waals surface area contributed by atoms with Crippen molar-refractivity contribution in [3.8, 4) is 0 Å². The molecular weight excluding hydrogens is 316 g/mol. The summed E-state index contributed by atoms with van der Waals surface area (Å²) < 4.78 is 2.04. The van der Waals surface area contributed by atoms with Gasteiger partial charge >= 0.3 is 0 Å². The highest BCUT2D eigenvalue weighted by molar-refractivity contribution is 5.75. The van der Waals surface area contributed by atoms with Gasteiger partial charge in [-0.3, -0.25) is 9.78 Å². The van der Waals surface area contributed by atoms with E-state index in [0.717, 1.165) is 29.8 Å². The van der Waals surface area contributed by atoms with Crippen molar-refractivity contribution < 1.29 is 0 Å². The summed E-state index contributed by atoms with van der Waals surface area (Å²) >= 11 is 0. The van der Waals surface area contributed by atoms with Crippen molar-refractivity contribution in [3.63, 3.8) is 0 Å². The number of para-hydroxylation sites is 2. The van der Waals surface area contributed by atoms with Gasteiger partial charge in [-0.25, -0.2) is 9.97 Å². The number of nitrogens with zero attached hydrogens (tertiary/aromatic N) is 5. The van der Waals surface area contributed by atoms with Crippen LogP contribution in [0.2, 0.25) is 0 Å². The van der Waals surface area contributed by atoms with Crippen LogP contribution in [0.3, 0.4) is 0 Å². The highest BCUT2D eigenvalue weighted by Gasteiger charge is 2.15. The van der Waals surface area contributed by atoms with Gasteiger partial charge in [0.05, 0.1) is 29.1 Å². The van der Waals surface area contributed by atoms with Crippen LogP contribution >= 0.6 is 0 Å². The lowest BCUT2D eigenvalue weighted by Gasteiger charge is -2.21. The molecule has 3 rings (SSSR count). The van der Waals surface area contributed by atoms with E-state index in [9.17, 15) is 4.79 Å². The maximum Gasteiger partial charge on any atom is 0.252 e. The fraction of sp³-hybridized carbons (Fsp3) is 0.389. The molecule has 3 aromatic rings. The van der Waals surface area contributed by atoms with Crippen molar-refractivity contribution in [2.24, 2.45) is 0 Å². The molecule has 0 fully saturated rings. The number of hydrogen-bond acceptors (Lipinski definition) is 5. The van der Waals surface area contributed by atoms with Crippen LogP contribution in [0.5, 0.6) is 0 Å². The Balaban J connectivity index is 1.93. The number of benzene rings is 1. The summed E-state index contributed by atoms with van der Waals surface area (Å²) in [7, 11) is 5.97. The van der Waals surface area contributed by atoms with Gasteiger partial charge in [-0.15, -0.1) is 0 Å². The Hall–Kier alpha value is -2.67. The number of fused-ring (bicyclic) bond motifs is 1. The average molecular weight is 340 g/mol. The molecule has 0 amide bonds. The molecule has 0 aliphatic rings. The molecule has 0 spiro atoms. The molecule has 0 bridgehead atoms. The van der Waals surface area contributed by atoms with Gasteiger partial charge in [0, 0.05) is 26.2 Å². The molecule has 0 radical (unpaired) electrons. The predicted octanol–water partition coefficient (Wildman–Crippen LogP) is 1.73. The van der Waals surface area contributed by atoms with Crippen molar-refractivity contribution in [2.45, 2.75) is 13.0 Å². The van der Waals surface area contributed by atoms with Crippen molar-refractivity contribution in [1.82, 2.24) is 24.4 Å². The van der Waals surface area contributed by atoms with Gasteiger partial charge in [-0.1, -0.05) is 12.1 Å². The van der Waals surface area contributed by atoms with Crippen molar-refractivity contribution in [1.29, 1.82) is 0 Å². The quantitative estimate of drug-likeness (QED) is 0.740. The molecule has 0 aliphatic heterocycles. The molecular formula is C18H24N6O. The molecule has 25 heavy (non-hydrogen) atoms. The first-order chi connectivity index (χ1) is 12.0. The minimum absolute atomic E-state index is 0.0873. The van der Waals surface area contributed by atoms with Crippen molar-refractivity contribution in [2.75, 3.05) is 39.1 Å². The van der Waals surface area contributed by atoms with Crippen molar-refractivity contribution in [3.05, 3.63) is 52.7 Å². The second kappa shape index (κ2) is 7.06. The van der Waals surface area contributed by atoms with Gasteiger partial charge in [-0.2, -0.15) is 0 Å². The lowest BCUT2D eigenvalue weighted by molar-refractivity contribution is 0.415. The second-order valence-electron chi connectivity index (χ2n) is 6.54. The van der Waals surface area contributed by atoms with E-state index in [1.165, 1.54) is 0 Å². The zero-order valence-corrected chi connectivity index (χ0v) is 15.1. The third kappa shape index (κ3) is 3.71. The molecule has 1 N–H and O–H groups in total. The fourth-order valence-electron chi connectivity index (χ4n) is 2.74. The molecule has 2 heterocycles. The summed E-state index contributed by atoms with van der Waals surface area (Å²) in [6.45, 7) is 3.69. The lowest BCUT2D eigenvalue weighted by atomic mass is 10.2. The fourth-order valence-corrected chi connectivity index (χ4v) is 2.74. The van der Waals surface area contributed by atoms with Crippen LogP contribution in [0.4, 0.5) is 5.95 Å². The maximum absolute atomic E-state index is 12.1. The highest BCUT2D eigenvalue weighted by Crippen LogP contribution is 2.22. The molecule has 7 heteroatoms. The van der Waals surface area contributed by atoms with Gasteiger partial charge in [0.15, 0.2) is 0 Å². The van der Waals surface area contributed by atoms with Gasteiger partial charge in [0.1, 0.15) is 0 Å².